The summed E-state index contributed by atoms with van der Waals surface area (Å²) in [5.41, 5.74) is 7.10. The minimum Gasteiger partial charge on any atom is -0.347 e. The molecule has 0 fully saturated rings. The van der Waals surface area contributed by atoms with E-state index in [1.165, 1.54) is 50.5 Å². The highest BCUT2D eigenvalue weighted by atomic mass is 16.2. The molecule has 2 amide bonds. The number of aromatic nitrogens is 2. The summed E-state index contributed by atoms with van der Waals surface area (Å²) in [6, 6.07) is 18.0. The molecule has 0 spiro atoms. The normalized spacial score (nSPS) is 11.1. The molecule has 0 saturated heterocycles. The van der Waals surface area contributed by atoms with E-state index in [2.05, 4.69) is 22.8 Å². The molecule has 0 radical (unpaired) electrons. The molecular weight excluding hydrogens is 474 g/mol. The lowest BCUT2D eigenvalue weighted by Gasteiger charge is -2.05. The van der Waals surface area contributed by atoms with Crippen molar-refractivity contribution >= 4 is 18.0 Å². The Labute approximate surface area is 226 Å². The molecule has 0 aliphatic rings. The number of amides is 2. The Morgan fingerprint density at radius 3 is 2.21 bits per heavy atom. The van der Waals surface area contributed by atoms with Gasteiger partial charge in [-0.25, -0.2) is 10.1 Å². The molecule has 7 heteroatoms. The van der Waals surface area contributed by atoms with Crippen molar-refractivity contribution in [1.82, 2.24) is 20.5 Å². The molecule has 1 heterocycles. The number of rotatable bonds is 16. The van der Waals surface area contributed by atoms with Gasteiger partial charge in [0.15, 0.2) is 0 Å². The van der Waals surface area contributed by atoms with Crippen LogP contribution in [0.4, 0.5) is 0 Å². The molecule has 1 aromatic heterocycles. The van der Waals surface area contributed by atoms with Crippen molar-refractivity contribution in [1.29, 1.82) is 0 Å². The van der Waals surface area contributed by atoms with Crippen molar-refractivity contribution < 1.29 is 9.59 Å². The van der Waals surface area contributed by atoms with E-state index in [1.54, 1.807) is 10.9 Å². The number of aryl methyl sites for hydroxylation is 1. The van der Waals surface area contributed by atoms with E-state index in [9.17, 15) is 9.59 Å². The first-order valence-electron chi connectivity index (χ1n) is 13.9. The van der Waals surface area contributed by atoms with Crippen LogP contribution in [0.15, 0.2) is 65.9 Å². The number of hydrogen-bond donors (Lipinski definition) is 2. The zero-order valence-corrected chi connectivity index (χ0v) is 22.8. The highest BCUT2D eigenvalue weighted by molar-refractivity contribution is 5.90. The summed E-state index contributed by atoms with van der Waals surface area (Å²) < 4.78 is 1.80. The lowest BCUT2D eigenvalue weighted by atomic mass is 10.1. The van der Waals surface area contributed by atoms with Gasteiger partial charge in [0.2, 0.25) is 5.91 Å². The van der Waals surface area contributed by atoms with Crippen LogP contribution in [0.2, 0.25) is 0 Å². The van der Waals surface area contributed by atoms with E-state index in [0.29, 0.717) is 6.42 Å². The lowest BCUT2D eigenvalue weighted by Crippen LogP contribution is -2.34. The van der Waals surface area contributed by atoms with Crippen LogP contribution in [0.1, 0.15) is 82.3 Å². The summed E-state index contributed by atoms with van der Waals surface area (Å²) in [6.45, 7) is 4.18. The van der Waals surface area contributed by atoms with Crippen molar-refractivity contribution in [3.05, 3.63) is 71.9 Å². The highest BCUT2D eigenvalue weighted by Crippen LogP contribution is 2.23. The van der Waals surface area contributed by atoms with Crippen molar-refractivity contribution in [3.8, 4) is 16.9 Å². The first-order chi connectivity index (χ1) is 18.6. The Balaban J connectivity index is 1.44. The predicted molar refractivity (Wildman–Crippen MR) is 154 cm³/mol. The zero-order valence-electron chi connectivity index (χ0n) is 22.8. The number of unbranched alkanes of at least 4 members (excludes halogenated alkanes) is 8. The maximum atomic E-state index is 12.2. The maximum absolute atomic E-state index is 12.2. The molecule has 0 atom stereocenters. The Bertz CT molecular complexity index is 1150. The fourth-order valence-corrected chi connectivity index (χ4v) is 4.21. The predicted octanol–water partition coefficient (Wildman–Crippen LogP) is 6.33. The summed E-state index contributed by atoms with van der Waals surface area (Å²) in [6.07, 6.45) is 14.8. The second-order valence-electron chi connectivity index (χ2n) is 9.73. The summed E-state index contributed by atoms with van der Waals surface area (Å²) in [5.74, 6) is -0.466. The van der Waals surface area contributed by atoms with E-state index >= 15 is 0 Å². The van der Waals surface area contributed by atoms with E-state index in [-0.39, 0.29) is 18.4 Å². The molecule has 0 bridgehead atoms. The van der Waals surface area contributed by atoms with Gasteiger partial charge in [-0.2, -0.15) is 10.2 Å². The van der Waals surface area contributed by atoms with Gasteiger partial charge in [-0.3, -0.25) is 9.59 Å². The second kappa shape index (κ2) is 16.2. The minimum atomic E-state index is -0.367. The zero-order chi connectivity index (χ0) is 27.0. The molecule has 3 rings (SSSR count). The third kappa shape index (κ3) is 9.96. The van der Waals surface area contributed by atoms with Gasteiger partial charge >= 0.3 is 0 Å². The average molecular weight is 516 g/mol. The molecule has 3 aromatic rings. The van der Waals surface area contributed by atoms with E-state index < -0.39 is 0 Å². The van der Waals surface area contributed by atoms with Gasteiger partial charge in [-0.1, -0.05) is 106 Å². The van der Waals surface area contributed by atoms with Gasteiger partial charge in [0.05, 0.1) is 18.4 Å². The number of hydrazone groups is 1. The number of nitrogens with one attached hydrogen (secondary N) is 2. The summed E-state index contributed by atoms with van der Waals surface area (Å²) >= 11 is 0. The van der Waals surface area contributed by atoms with Crippen LogP contribution in [-0.2, 0) is 9.59 Å². The Morgan fingerprint density at radius 2 is 1.53 bits per heavy atom. The van der Waals surface area contributed by atoms with Gasteiger partial charge in [0.25, 0.3) is 5.91 Å². The molecule has 0 unspecified atom stereocenters. The SMILES string of the molecule is CCCCCCCCCCCC(=O)NCC(=O)NN=Cc1cn(-c2ccccc2)nc1-c1ccc(C)cc1. The first-order valence-corrected chi connectivity index (χ1v) is 13.9. The summed E-state index contributed by atoms with van der Waals surface area (Å²) in [5, 5.41) is 11.6. The van der Waals surface area contributed by atoms with E-state index in [0.717, 1.165) is 35.3 Å². The van der Waals surface area contributed by atoms with Crippen molar-refractivity contribution in [2.45, 2.75) is 78.1 Å². The number of para-hydroxylation sites is 1. The number of carbonyl (C=O) groups excluding carboxylic acids is 2. The Kier molecular flexibility index (Phi) is 12.3. The molecule has 2 aromatic carbocycles. The molecule has 0 saturated carbocycles. The maximum Gasteiger partial charge on any atom is 0.259 e. The van der Waals surface area contributed by atoms with Gasteiger partial charge < -0.3 is 5.32 Å². The molecule has 202 valence electrons. The monoisotopic (exact) mass is 515 g/mol. The van der Waals surface area contributed by atoms with Crippen molar-refractivity contribution in [2.75, 3.05) is 6.54 Å². The van der Waals surface area contributed by atoms with Gasteiger partial charge in [0.1, 0.15) is 5.69 Å². The lowest BCUT2D eigenvalue weighted by molar-refractivity contribution is -0.126. The molecule has 38 heavy (non-hydrogen) atoms. The number of carbonyl (C=O) groups is 2. The van der Waals surface area contributed by atoms with Crippen LogP contribution >= 0.6 is 0 Å². The highest BCUT2D eigenvalue weighted by Gasteiger charge is 2.11. The average Bonchev–Trinajstić information content (AvgIpc) is 3.36. The first kappa shape index (κ1) is 28.8. The van der Waals surface area contributed by atoms with Crippen LogP contribution in [0, 0.1) is 6.92 Å². The molecule has 2 N–H and O–H groups in total. The van der Waals surface area contributed by atoms with Gasteiger partial charge in [-0.15, -0.1) is 0 Å². The van der Waals surface area contributed by atoms with Crippen LogP contribution in [0.5, 0.6) is 0 Å². The standard InChI is InChI=1S/C31H41N5O2/c1-3-4-5-6-7-8-9-10-14-17-29(37)32-23-30(38)34-33-22-27-24-36(28-15-12-11-13-16-28)35-31(27)26-20-18-25(2)19-21-26/h11-13,15-16,18-22,24H,3-10,14,17,23H2,1-2H3,(H,32,37)(H,34,38). The third-order valence-corrected chi connectivity index (χ3v) is 6.43. The Hall–Kier alpha value is -3.74. The van der Waals surface area contributed by atoms with Crippen LogP contribution in [0.3, 0.4) is 0 Å². The van der Waals surface area contributed by atoms with Crippen molar-refractivity contribution in [2.24, 2.45) is 5.10 Å². The number of hydrogen-bond acceptors (Lipinski definition) is 4. The van der Waals surface area contributed by atoms with Gasteiger partial charge in [-0.05, 0) is 25.5 Å². The van der Waals surface area contributed by atoms with Crippen LogP contribution < -0.4 is 10.7 Å². The topological polar surface area (TPSA) is 88.4 Å². The van der Waals surface area contributed by atoms with Crippen molar-refractivity contribution in [3.63, 3.8) is 0 Å². The third-order valence-electron chi connectivity index (χ3n) is 6.43. The minimum absolute atomic E-state index is 0.0955. The Morgan fingerprint density at radius 1 is 0.868 bits per heavy atom. The summed E-state index contributed by atoms with van der Waals surface area (Å²) in [4.78, 5) is 24.3. The number of benzene rings is 2. The van der Waals surface area contributed by atoms with Crippen LogP contribution in [-0.4, -0.2) is 34.4 Å². The van der Waals surface area contributed by atoms with E-state index in [1.807, 2.05) is 67.7 Å². The fourth-order valence-electron chi connectivity index (χ4n) is 4.21. The van der Waals surface area contributed by atoms with Crippen LogP contribution in [0.25, 0.3) is 16.9 Å². The fraction of sp³-hybridized carbons (Fsp3) is 0.419. The smallest absolute Gasteiger partial charge is 0.259 e. The summed E-state index contributed by atoms with van der Waals surface area (Å²) in [7, 11) is 0. The molecular formula is C31H41N5O2. The second-order valence-corrected chi connectivity index (χ2v) is 9.73. The quantitative estimate of drug-likeness (QED) is 0.133. The molecule has 0 aliphatic heterocycles. The van der Waals surface area contributed by atoms with Gasteiger partial charge in [0, 0.05) is 23.7 Å². The molecule has 0 aliphatic carbocycles. The largest absolute Gasteiger partial charge is 0.347 e. The molecule has 7 nitrogen and oxygen atoms in total. The van der Waals surface area contributed by atoms with E-state index in [4.69, 9.17) is 5.10 Å². The number of nitrogens with zero attached hydrogens (tertiary/aromatic N) is 3.